The highest BCUT2D eigenvalue weighted by molar-refractivity contribution is 7.86. The minimum Gasteiger partial charge on any atom is -0.497 e. The molecule has 0 aliphatic carbocycles. The summed E-state index contributed by atoms with van der Waals surface area (Å²) in [6.45, 7) is 0. The van der Waals surface area contributed by atoms with Crippen LogP contribution in [0.1, 0.15) is 10.4 Å². The number of hydrogen-bond donors (Lipinski definition) is 2. The molecule has 0 aliphatic heterocycles. The number of methoxy groups -OCH3 is 1. The van der Waals surface area contributed by atoms with Gasteiger partial charge in [0, 0.05) is 6.07 Å². The summed E-state index contributed by atoms with van der Waals surface area (Å²) in [4.78, 5) is 23.1. The van der Waals surface area contributed by atoms with Crippen LogP contribution in [0.15, 0.2) is 44.4 Å². The van der Waals surface area contributed by atoms with Gasteiger partial charge in [-0.1, -0.05) is 0 Å². The smallest absolute Gasteiger partial charge is 0.335 e. The zero-order valence-corrected chi connectivity index (χ0v) is 13.0. The number of carboxylic acids is 1. The number of carboxylic acid groups (broad SMARTS) is 1. The molecule has 0 radical (unpaired) electrons. The lowest BCUT2D eigenvalue weighted by atomic mass is 10.1. The number of benzene rings is 2. The zero-order chi connectivity index (χ0) is 17.6. The van der Waals surface area contributed by atoms with Crippen LogP contribution < -0.4 is 10.2 Å². The van der Waals surface area contributed by atoms with Gasteiger partial charge in [0.05, 0.1) is 23.4 Å². The van der Waals surface area contributed by atoms with Crippen LogP contribution in [0.25, 0.3) is 21.9 Å². The largest absolute Gasteiger partial charge is 0.497 e. The van der Waals surface area contributed by atoms with Crippen LogP contribution in [0.2, 0.25) is 0 Å². The molecule has 0 amide bonds. The highest BCUT2D eigenvalue weighted by Gasteiger charge is 2.21. The molecule has 0 spiro atoms. The maximum atomic E-state index is 12.6. The number of fused-ring (bicyclic) bond motifs is 2. The van der Waals surface area contributed by atoms with Gasteiger partial charge in [0.15, 0.2) is 5.58 Å². The molecule has 0 saturated heterocycles. The predicted molar refractivity (Wildman–Crippen MR) is 83.3 cm³/mol. The van der Waals surface area contributed by atoms with Gasteiger partial charge in [-0.05, 0) is 24.3 Å². The normalized spacial score (nSPS) is 11.8. The van der Waals surface area contributed by atoms with Crippen molar-refractivity contribution in [3.63, 3.8) is 0 Å². The van der Waals surface area contributed by atoms with Crippen LogP contribution in [-0.4, -0.2) is 31.2 Å². The number of hydrogen-bond acceptors (Lipinski definition) is 6. The third kappa shape index (κ3) is 2.49. The third-order valence-electron chi connectivity index (χ3n) is 3.47. The van der Waals surface area contributed by atoms with E-state index in [9.17, 15) is 22.6 Å². The van der Waals surface area contributed by atoms with Crippen molar-refractivity contribution in [3.05, 3.63) is 46.1 Å². The summed E-state index contributed by atoms with van der Waals surface area (Å²) in [6, 6.07) is 5.88. The first-order chi connectivity index (χ1) is 11.2. The van der Waals surface area contributed by atoms with Crippen LogP contribution in [0.5, 0.6) is 5.75 Å². The van der Waals surface area contributed by atoms with Gasteiger partial charge in [0.25, 0.3) is 10.1 Å². The molecule has 0 saturated carbocycles. The Bertz CT molecular complexity index is 1160. The van der Waals surface area contributed by atoms with Gasteiger partial charge in [-0.3, -0.25) is 9.35 Å². The topological polar surface area (TPSA) is 131 Å². The molecule has 124 valence electrons. The van der Waals surface area contributed by atoms with Crippen LogP contribution in [0.4, 0.5) is 0 Å². The fourth-order valence-corrected chi connectivity index (χ4v) is 3.00. The van der Waals surface area contributed by atoms with E-state index >= 15 is 0 Å². The van der Waals surface area contributed by atoms with Crippen molar-refractivity contribution in [3.8, 4) is 5.75 Å². The van der Waals surface area contributed by atoms with Crippen molar-refractivity contribution in [2.75, 3.05) is 7.11 Å². The standard InChI is InChI=1S/C15H10O8S/c1-22-8-5-10-13(16)9-4-7(15(17)18)2-3-11(9)23-14(10)12(6-8)24(19,20)21/h2-6H,1H3,(H,17,18)(H,19,20,21). The molecule has 3 rings (SSSR count). The van der Waals surface area contributed by atoms with E-state index < -0.39 is 26.4 Å². The second-order valence-electron chi connectivity index (χ2n) is 4.92. The summed E-state index contributed by atoms with van der Waals surface area (Å²) >= 11 is 0. The quantitative estimate of drug-likeness (QED) is 0.541. The lowest BCUT2D eigenvalue weighted by Crippen LogP contribution is -2.08. The first-order valence-electron chi connectivity index (χ1n) is 6.52. The molecule has 0 aliphatic rings. The van der Waals surface area contributed by atoms with Gasteiger partial charge in [0.1, 0.15) is 16.2 Å². The second kappa shape index (κ2) is 5.32. The number of carbonyl (C=O) groups is 1. The molecular weight excluding hydrogens is 340 g/mol. The Hall–Kier alpha value is -2.91. The molecule has 2 N–H and O–H groups in total. The molecule has 9 heteroatoms. The van der Waals surface area contributed by atoms with Crippen LogP contribution >= 0.6 is 0 Å². The maximum absolute atomic E-state index is 12.6. The SMILES string of the molecule is COc1cc(S(=O)(=O)O)c2oc3ccc(C(=O)O)cc3c(=O)c2c1. The molecule has 2 aromatic carbocycles. The highest BCUT2D eigenvalue weighted by Crippen LogP contribution is 2.29. The summed E-state index contributed by atoms with van der Waals surface area (Å²) in [7, 11) is -3.41. The van der Waals surface area contributed by atoms with Crippen LogP contribution in [-0.2, 0) is 10.1 Å². The summed E-state index contributed by atoms with van der Waals surface area (Å²) in [5.74, 6) is -1.20. The Morgan fingerprint density at radius 1 is 1.17 bits per heavy atom. The first-order valence-corrected chi connectivity index (χ1v) is 7.96. The first kappa shape index (κ1) is 16.0. The lowest BCUT2D eigenvalue weighted by Gasteiger charge is -2.08. The highest BCUT2D eigenvalue weighted by atomic mass is 32.2. The predicted octanol–water partition coefficient (Wildman–Crippen LogP) is 1.90. The van der Waals surface area contributed by atoms with E-state index in [4.69, 9.17) is 14.3 Å². The van der Waals surface area contributed by atoms with E-state index in [1.807, 2.05) is 0 Å². The summed E-state index contributed by atoms with van der Waals surface area (Å²) in [5.41, 5.74) is -1.10. The zero-order valence-electron chi connectivity index (χ0n) is 12.1. The maximum Gasteiger partial charge on any atom is 0.335 e. The molecule has 3 aromatic rings. The average molecular weight is 350 g/mol. The number of ether oxygens (including phenoxy) is 1. The van der Waals surface area contributed by atoms with Crippen molar-refractivity contribution < 1.29 is 32.0 Å². The van der Waals surface area contributed by atoms with E-state index in [1.165, 1.54) is 25.3 Å². The lowest BCUT2D eigenvalue weighted by molar-refractivity contribution is 0.0697. The summed E-state index contributed by atoms with van der Waals surface area (Å²) in [5, 5.41) is 8.83. The average Bonchev–Trinajstić information content (AvgIpc) is 2.53. The summed E-state index contributed by atoms with van der Waals surface area (Å²) < 4.78 is 42.9. The minimum absolute atomic E-state index is 0.00688. The van der Waals surface area contributed by atoms with Crippen molar-refractivity contribution >= 4 is 38.0 Å². The van der Waals surface area contributed by atoms with Crippen molar-refractivity contribution in [1.82, 2.24) is 0 Å². The molecule has 0 fully saturated rings. The van der Waals surface area contributed by atoms with E-state index in [1.54, 1.807) is 0 Å². The Morgan fingerprint density at radius 2 is 1.88 bits per heavy atom. The molecule has 0 unspecified atom stereocenters. The van der Waals surface area contributed by atoms with Gasteiger partial charge in [0.2, 0.25) is 5.43 Å². The van der Waals surface area contributed by atoms with Crippen molar-refractivity contribution in [1.29, 1.82) is 0 Å². The van der Waals surface area contributed by atoms with E-state index in [2.05, 4.69) is 0 Å². The molecule has 24 heavy (non-hydrogen) atoms. The Morgan fingerprint density at radius 3 is 2.46 bits per heavy atom. The Kier molecular flexibility index (Phi) is 3.54. The molecule has 8 nitrogen and oxygen atoms in total. The monoisotopic (exact) mass is 350 g/mol. The van der Waals surface area contributed by atoms with Gasteiger partial charge >= 0.3 is 5.97 Å². The van der Waals surface area contributed by atoms with Crippen LogP contribution in [0.3, 0.4) is 0 Å². The molecular formula is C15H10O8S. The Labute approximate surface area is 134 Å². The van der Waals surface area contributed by atoms with Gasteiger partial charge in [-0.25, -0.2) is 4.79 Å². The molecule has 1 heterocycles. The molecule has 0 atom stereocenters. The second-order valence-corrected chi connectivity index (χ2v) is 6.31. The van der Waals surface area contributed by atoms with Gasteiger partial charge in [-0.15, -0.1) is 0 Å². The van der Waals surface area contributed by atoms with Gasteiger partial charge < -0.3 is 14.3 Å². The summed E-state index contributed by atoms with van der Waals surface area (Å²) in [6.07, 6.45) is 0. The van der Waals surface area contributed by atoms with E-state index in [-0.39, 0.29) is 33.3 Å². The van der Waals surface area contributed by atoms with E-state index in [0.29, 0.717) is 0 Å². The number of aromatic carboxylic acids is 1. The minimum atomic E-state index is -4.68. The Balaban J connectivity index is 2.54. The fourth-order valence-electron chi connectivity index (χ4n) is 2.34. The number of rotatable bonds is 3. The van der Waals surface area contributed by atoms with E-state index in [0.717, 1.165) is 12.1 Å². The van der Waals surface area contributed by atoms with Crippen molar-refractivity contribution in [2.24, 2.45) is 0 Å². The van der Waals surface area contributed by atoms with Crippen LogP contribution in [0, 0.1) is 0 Å². The molecule has 1 aromatic heterocycles. The third-order valence-corrected chi connectivity index (χ3v) is 4.33. The van der Waals surface area contributed by atoms with Gasteiger partial charge in [-0.2, -0.15) is 8.42 Å². The fraction of sp³-hybridized carbons (Fsp3) is 0.0667. The van der Waals surface area contributed by atoms with Crippen molar-refractivity contribution in [2.45, 2.75) is 4.90 Å². The molecule has 0 bridgehead atoms.